The van der Waals surface area contributed by atoms with Crippen LogP contribution in [-0.4, -0.2) is 22.6 Å². The summed E-state index contributed by atoms with van der Waals surface area (Å²) in [4.78, 5) is 0. The van der Waals surface area contributed by atoms with Crippen LogP contribution in [0.25, 0.3) is 98.9 Å². The van der Waals surface area contributed by atoms with E-state index in [-0.39, 0.29) is 13.4 Å². The minimum absolute atomic E-state index is 0.00639. The van der Waals surface area contributed by atoms with E-state index in [2.05, 4.69) is 196 Å². The molecule has 0 spiro atoms. The Balaban J connectivity index is 1.14. The van der Waals surface area contributed by atoms with Gasteiger partial charge in [0.1, 0.15) is 22.3 Å². The Hall–Kier alpha value is -7.69. The minimum atomic E-state index is -0.00639. The molecule has 0 radical (unpaired) electrons. The van der Waals surface area contributed by atoms with E-state index in [1.165, 1.54) is 110 Å². The Morgan fingerprint density at radius 1 is 0.333 bits per heavy atom. The summed E-state index contributed by atoms with van der Waals surface area (Å²) in [6, 6.07) is 55.0. The van der Waals surface area contributed by atoms with Crippen molar-refractivity contribution >= 4 is 134 Å². The predicted octanol–water partition coefficient (Wildman–Crippen LogP) is 11.2. The molecule has 0 aliphatic carbocycles. The average Bonchev–Trinajstić information content (AvgIpc) is 4.04. The molecule has 0 saturated carbocycles. The maximum Gasteiger partial charge on any atom is 0.247 e. The monoisotopic (exact) mass is 844 g/mol. The highest BCUT2D eigenvalue weighted by Gasteiger charge is 2.41. The molecule has 66 heavy (non-hydrogen) atoms. The van der Waals surface area contributed by atoms with Gasteiger partial charge in [0.15, 0.2) is 0 Å². The molecule has 0 N–H and O–H groups in total. The lowest BCUT2D eigenvalue weighted by Crippen LogP contribution is -2.61. The number of para-hydroxylation sites is 4. The largest absolute Gasteiger partial charge is 0.456 e. The maximum atomic E-state index is 6.66. The standard InChI is InChI=1S/C60H42B2N2O2/c1-31-21-33(3)57(34(4)22-31)61-45-17-11-15-39-41-25-43-37-13-7-9-19-53(37)65-55(43)29-49(41)63(59(39)45)51-28-48-52(27-47(51)61)64-50-30-56-44(38-14-8-10-20-54(38)66-56)26-42(50)40-16-12-18-46(60(40)64)62(48)58-35(5)23-32(2)24-36(58)6/h7-30H,1-6H3. The Morgan fingerprint density at radius 2 is 0.727 bits per heavy atom. The number of hydrogen-bond donors (Lipinski definition) is 0. The molecule has 13 aromatic rings. The van der Waals surface area contributed by atoms with E-state index in [1.807, 2.05) is 0 Å². The van der Waals surface area contributed by atoms with Crippen molar-refractivity contribution in [3.05, 3.63) is 179 Å². The second-order valence-electron chi connectivity index (χ2n) is 19.5. The van der Waals surface area contributed by atoms with Crippen LogP contribution in [0.3, 0.4) is 0 Å². The first-order chi connectivity index (χ1) is 32.2. The number of nitrogens with zero attached hydrogens (tertiary/aromatic N) is 2. The highest BCUT2D eigenvalue weighted by atomic mass is 16.3. The number of hydrogen-bond acceptors (Lipinski definition) is 2. The van der Waals surface area contributed by atoms with Gasteiger partial charge in [-0.15, -0.1) is 0 Å². The van der Waals surface area contributed by atoms with Gasteiger partial charge >= 0.3 is 0 Å². The molecule has 15 rings (SSSR count). The second kappa shape index (κ2) is 12.6. The van der Waals surface area contributed by atoms with Crippen LogP contribution in [0.15, 0.2) is 154 Å². The van der Waals surface area contributed by atoms with Crippen molar-refractivity contribution in [1.82, 2.24) is 9.13 Å². The molecule has 6 heterocycles. The van der Waals surface area contributed by atoms with Crippen molar-refractivity contribution in [2.24, 2.45) is 0 Å². The van der Waals surface area contributed by atoms with Gasteiger partial charge in [0.05, 0.1) is 11.0 Å². The van der Waals surface area contributed by atoms with Crippen molar-refractivity contribution in [2.75, 3.05) is 0 Å². The molecular formula is C60H42B2N2O2. The fourth-order valence-electron chi connectivity index (χ4n) is 13.3. The van der Waals surface area contributed by atoms with Crippen LogP contribution in [0.2, 0.25) is 0 Å². The average molecular weight is 845 g/mol. The van der Waals surface area contributed by atoms with Crippen LogP contribution in [0.1, 0.15) is 33.4 Å². The molecule has 0 bridgehead atoms. The number of aryl methyl sites for hydroxylation is 6. The van der Waals surface area contributed by atoms with Gasteiger partial charge in [-0.2, -0.15) is 0 Å². The SMILES string of the molecule is Cc1cc(C)c(B2c3cc4c(cc3-n3c5cc6oc7ccccc7c6cc5c5cccc2c53)B(c2c(C)cc(C)cc2C)c2cccc3c5cc6c(cc5n-4c23)oc2ccccc26)c(C)c1. The molecule has 2 aliphatic rings. The molecule has 0 saturated heterocycles. The normalized spacial score (nSPS) is 13.2. The minimum Gasteiger partial charge on any atom is -0.456 e. The van der Waals surface area contributed by atoms with E-state index in [1.54, 1.807) is 0 Å². The highest BCUT2D eigenvalue weighted by molar-refractivity contribution is 7.00. The number of furan rings is 2. The van der Waals surface area contributed by atoms with Crippen molar-refractivity contribution < 1.29 is 8.83 Å². The molecule has 4 aromatic heterocycles. The summed E-state index contributed by atoms with van der Waals surface area (Å²) < 4.78 is 18.5. The lowest BCUT2D eigenvalue weighted by Gasteiger charge is -2.34. The molecule has 0 unspecified atom stereocenters. The first-order valence-corrected chi connectivity index (χ1v) is 23.3. The van der Waals surface area contributed by atoms with E-state index < -0.39 is 0 Å². The number of aromatic nitrogens is 2. The third-order valence-electron chi connectivity index (χ3n) is 15.6. The van der Waals surface area contributed by atoms with Gasteiger partial charge in [-0.3, -0.25) is 0 Å². The van der Waals surface area contributed by atoms with Crippen molar-refractivity contribution in [2.45, 2.75) is 41.5 Å². The van der Waals surface area contributed by atoms with E-state index in [0.29, 0.717) is 0 Å². The van der Waals surface area contributed by atoms with Gasteiger partial charge in [0.25, 0.3) is 0 Å². The zero-order valence-corrected chi connectivity index (χ0v) is 37.7. The van der Waals surface area contributed by atoms with Gasteiger partial charge in [0.2, 0.25) is 13.4 Å². The third-order valence-corrected chi connectivity index (χ3v) is 15.6. The first-order valence-electron chi connectivity index (χ1n) is 23.3. The summed E-state index contributed by atoms with van der Waals surface area (Å²) in [5.74, 6) is 0. The molecule has 2 aliphatic heterocycles. The molecule has 6 heteroatoms. The highest BCUT2D eigenvalue weighted by Crippen LogP contribution is 2.42. The summed E-state index contributed by atoms with van der Waals surface area (Å²) in [6.07, 6.45) is 0. The maximum absolute atomic E-state index is 6.66. The Labute approximate surface area is 381 Å². The molecule has 310 valence electrons. The van der Waals surface area contributed by atoms with Gasteiger partial charge in [-0.25, -0.2) is 0 Å². The van der Waals surface area contributed by atoms with E-state index in [0.717, 1.165) is 54.9 Å². The summed E-state index contributed by atoms with van der Waals surface area (Å²) in [5, 5.41) is 9.62. The van der Waals surface area contributed by atoms with E-state index in [4.69, 9.17) is 8.83 Å². The molecule has 9 aromatic carbocycles. The smallest absolute Gasteiger partial charge is 0.247 e. The van der Waals surface area contributed by atoms with Crippen molar-refractivity contribution in [1.29, 1.82) is 0 Å². The van der Waals surface area contributed by atoms with Gasteiger partial charge in [-0.05, 0) is 99.8 Å². The number of benzene rings is 9. The third kappa shape index (κ3) is 4.56. The number of rotatable bonds is 2. The predicted molar refractivity (Wildman–Crippen MR) is 280 cm³/mol. The summed E-state index contributed by atoms with van der Waals surface area (Å²) >= 11 is 0. The summed E-state index contributed by atoms with van der Waals surface area (Å²) in [7, 11) is 0. The van der Waals surface area contributed by atoms with Gasteiger partial charge in [0, 0.05) is 77.6 Å². The van der Waals surface area contributed by atoms with Crippen LogP contribution < -0.4 is 32.8 Å². The Bertz CT molecular complexity index is 4060. The van der Waals surface area contributed by atoms with Crippen molar-refractivity contribution in [3.8, 4) is 11.4 Å². The molecule has 0 atom stereocenters. The second-order valence-corrected chi connectivity index (χ2v) is 19.5. The van der Waals surface area contributed by atoms with Crippen LogP contribution in [-0.2, 0) is 0 Å². The quantitative estimate of drug-likeness (QED) is 0.163. The molecule has 0 amide bonds. The number of fused-ring (bicyclic) bond motifs is 16. The van der Waals surface area contributed by atoms with Crippen LogP contribution in [0.4, 0.5) is 0 Å². The lowest BCUT2D eigenvalue weighted by molar-refractivity contribution is 0.669. The fourth-order valence-corrected chi connectivity index (χ4v) is 13.3. The Morgan fingerprint density at radius 3 is 1.15 bits per heavy atom. The molecular weight excluding hydrogens is 802 g/mol. The van der Waals surface area contributed by atoms with Gasteiger partial charge in [-0.1, -0.05) is 141 Å². The van der Waals surface area contributed by atoms with E-state index >= 15 is 0 Å². The molecule has 4 nitrogen and oxygen atoms in total. The fraction of sp³-hybridized carbons (Fsp3) is 0.100. The summed E-state index contributed by atoms with van der Waals surface area (Å²) in [5.41, 5.74) is 26.9. The van der Waals surface area contributed by atoms with Gasteiger partial charge < -0.3 is 18.0 Å². The first kappa shape index (κ1) is 36.6. The molecule has 0 fully saturated rings. The summed E-state index contributed by atoms with van der Waals surface area (Å²) in [6.45, 7) is 13.7. The van der Waals surface area contributed by atoms with Crippen LogP contribution in [0.5, 0.6) is 0 Å². The Kier molecular flexibility index (Phi) is 6.97. The zero-order chi connectivity index (χ0) is 44.0. The van der Waals surface area contributed by atoms with E-state index in [9.17, 15) is 0 Å². The topological polar surface area (TPSA) is 36.1 Å². The zero-order valence-electron chi connectivity index (χ0n) is 37.7. The van der Waals surface area contributed by atoms with Crippen LogP contribution >= 0.6 is 0 Å². The lowest BCUT2D eigenvalue weighted by atomic mass is 9.32. The van der Waals surface area contributed by atoms with Crippen molar-refractivity contribution in [3.63, 3.8) is 0 Å². The van der Waals surface area contributed by atoms with Crippen LogP contribution in [0, 0.1) is 41.5 Å².